The minimum absolute atomic E-state index is 0.411. The molecule has 0 aliphatic rings. The maximum absolute atomic E-state index is 11.6. The number of aromatic nitrogens is 1. The molecule has 1 aromatic heterocycles. The molecule has 0 atom stereocenters. The Kier molecular flexibility index (Phi) is 5.11. The number of rotatable bonds is 4. The van der Waals surface area contributed by atoms with Crippen molar-refractivity contribution in [3.8, 4) is 0 Å². The first-order chi connectivity index (χ1) is 10.8. The SMILES string of the molecule is CC(C)(C)OC(=O)COC(=O)C=Cc1ccc2ccccc2n1. The molecule has 2 rings (SSSR count). The summed E-state index contributed by atoms with van der Waals surface area (Å²) in [7, 11) is 0. The van der Waals surface area contributed by atoms with Gasteiger partial charge in [0.2, 0.25) is 0 Å². The number of hydrogen-bond acceptors (Lipinski definition) is 5. The van der Waals surface area contributed by atoms with Gasteiger partial charge in [0.15, 0.2) is 6.61 Å². The number of benzene rings is 1. The fraction of sp³-hybridized carbons (Fsp3) is 0.278. The molecule has 23 heavy (non-hydrogen) atoms. The molecule has 1 aromatic carbocycles. The third-order valence-electron chi connectivity index (χ3n) is 2.76. The first-order valence-corrected chi connectivity index (χ1v) is 7.26. The number of carbonyl (C=O) groups is 2. The smallest absolute Gasteiger partial charge is 0.344 e. The van der Waals surface area contributed by atoms with Crippen molar-refractivity contribution in [2.45, 2.75) is 26.4 Å². The van der Waals surface area contributed by atoms with E-state index in [0.717, 1.165) is 10.9 Å². The average molecular weight is 313 g/mol. The Morgan fingerprint density at radius 3 is 2.61 bits per heavy atom. The van der Waals surface area contributed by atoms with Gasteiger partial charge in [-0.3, -0.25) is 0 Å². The average Bonchev–Trinajstić information content (AvgIpc) is 2.49. The lowest BCUT2D eigenvalue weighted by Gasteiger charge is -2.19. The number of pyridine rings is 1. The number of hydrogen-bond donors (Lipinski definition) is 0. The van der Waals surface area contributed by atoms with Crippen molar-refractivity contribution in [1.29, 1.82) is 0 Å². The van der Waals surface area contributed by atoms with Crippen LogP contribution in [0.2, 0.25) is 0 Å². The molecule has 0 fully saturated rings. The molecule has 0 unspecified atom stereocenters. The van der Waals surface area contributed by atoms with Crippen LogP contribution in [0, 0.1) is 0 Å². The third-order valence-corrected chi connectivity index (χ3v) is 2.76. The van der Waals surface area contributed by atoms with Crippen LogP contribution in [0.5, 0.6) is 0 Å². The second-order valence-corrected chi connectivity index (χ2v) is 5.96. The third kappa shape index (κ3) is 5.54. The quantitative estimate of drug-likeness (QED) is 0.641. The summed E-state index contributed by atoms with van der Waals surface area (Å²) < 4.78 is 9.88. The number of para-hydroxylation sites is 1. The summed E-state index contributed by atoms with van der Waals surface area (Å²) in [6.45, 7) is 4.83. The molecular weight excluding hydrogens is 294 g/mol. The molecular formula is C18H19NO4. The fourth-order valence-corrected chi connectivity index (χ4v) is 1.88. The van der Waals surface area contributed by atoms with Gasteiger partial charge in [-0.2, -0.15) is 0 Å². The van der Waals surface area contributed by atoms with Crippen LogP contribution in [0.1, 0.15) is 26.5 Å². The maximum atomic E-state index is 11.6. The predicted molar refractivity (Wildman–Crippen MR) is 87.6 cm³/mol. The van der Waals surface area contributed by atoms with E-state index in [2.05, 4.69) is 4.98 Å². The molecule has 0 bridgehead atoms. The normalized spacial score (nSPS) is 11.6. The van der Waals surface area contributed by atoms with Crippen LogP contribution in [-0.4, -0.2) is 29.1 Å². The van der Waals surface area contributed by atoms with E-state index in [-0.39, 0.29) is 0 Å². The van der Waals surface area contributed by atoms with Crippen LogP contribution in [0.25, 0.3) is 17.0 Å². The second-order valence-electron chi connectivity index (χ2n) is 5.96. The number of ether oxygens (including phenoxy) is 2. The lowest BCUT2D eigenvalue weighted by molar-refractivity contribution is -0.164. The Bertz CT molecular complexity index is 744. The van der Waals surface area contributed by atoms with Crippen LogP contribution in [-0.2, 0) is 19.1 Å². The number of esters is 2. The van der Waals surface area contributed by atoms with E-state index >= 15 is 0 Å². The van der Waals surface area contributed by atoms with Crippen LogP contribution in [0.15, 0.2) is 42.5 Å². The summed E-state index contributed by atoms with van der Waals surface area (Å²) in [5, 5.41) is 1.03. The highest BCUT2D eigenvalue weighted by atomic mass is 16.6. The van der Waals surface area contributed by atoms with E-state index in [4.69, 9.17) is 9.47 Å². The topological polar surface area (TPSA) is 65.5 Å². The van der Waals surface area contributed by atoms with Crippen molar-refractivity contribution < 1.29 is 19.1 Å². The van der Waals surface area contributed by atoms with Gasteiger partial charge in [0.25, 0.3) is 0 Å². The zero-order chi connectivity index (χ0) is 16.9. The molecule has 0 spiro atoms. The van der Waals surface area contributed by atoms with Crippen molar-refractivity contribution in [3.63, 3.8) is 0 Å². The molecule has 2 aromatic rings. The van der Waals surface area contributed by atoms with Gasteiger partial charge in [-0.1, -0.05) is 24.3 Å². The molecule has 0 N–H and O–H groups in total. The van der Waals surface area contributed by atoms with Gasteiger partial charge >= 0.3 is 11.9 Å². The van der Waals surface area contributed by atoms with Gasteiger partial charge in [0.1, 0.15) is 5.60 Å². The van der Waals surface area contributed by atoms with Crippen molar-refractivity contribution in [1.82, 2.24) is 4.98 Å². The van der Waals surface area contributed by atoms with Crippen LogP contribution < -0.4 is 0 Å². The van der Waals surface area contributed by atoms with Crippen molar-refractivity contribution >= 4 is 28.9 Å². The summed E-state index contributed by atoms with van der Waals surface area (Å²) in [4.78, 5) is 27.5. The monoisotopic (exact) mass is 313 g/mol. The molecule has 0 aliphatic carbocycles. The highest BCUT2D eigenvalue weighted by Gasteiger charge is 2.17. The van der Waals surface area contributed by atoms with Gasteiger partial charge in [-0.25, -0.2) is 14.6 Å². The summed E-state index contributed by atoms with van der Waals surface area (Å²) in [6, 6.07) is 11.4. The zero-order valence-corrected chi connectivity index (χ0v) is 13.4. The maximum Gasteiger partial charge on any atom is 0.344 e. The first kappa shape index (κ1) is 16.7. The van der Waals surface area contributed by atoms with Crippen LogP contribution >= 0.6 is 0 Å². The van der Waals surface area contributed by atoms with Gasteiger partial charge < -0.3 is 9.47 Å². The number of carbonyl (C=O) groups excluding carboxylic acids is 2. The molecule has 5 heteroatoms. The Hall–Kier alpha value is -2.69. The summed E-state index contributed by atoms with van der Waals surface area (Å²) in [5.74, 6) is -1.20. The Morgan fingerprint density at radius 1 is 1.13 bits per heavy atom. The van der Waals surface area contributed by atoms with E-state index < -0.39 is 24.1 Å². The minimum atomic E-state index is -0.620. The molecule has 0 saturated carbocycles. The van der Waals surface area contributed by atoms with E-state index in [1.165, 1.54) is 6.08 Å². The van der Waals surface area contributed by atoms with Crippen LogP contribution in [0.4, 0.5) is 0 Å². The summed E-state index contributed by atoms with van der Waals surface area (Å²) >= 11 is 0. The number of nitrogens with zero attached hydrogens (tertiary/aromatic N) is 1. The molecule has 0 radical (unpaired) electrons. The van der Waals surface area contributed by atoms with Gasteiger partial charge in [-0.15, -0.1) is 0 Å². The lowest BCUT2D eigenvalue weighted by Crippen LogP contribution is -2.27. The van der Waals surface area contributed by atoms with Gasteiger partial charge in [0.05, 0.1) is 11.2 Å². The van der Waals surface area contributed by atoms with Gasteiger partial charge in [0, 0.05) is 11.5 Å². The zero-order valence-electron chi connectivity index (χ0n) is 13.4. The van der Waals surface area contributed by atoms with E-state index in [1.54, 1.807) is 32.9 Å². The molecule has 0 amide bonds. The van der Waals surface area contributed by atoms with Crippen molar-refractivity contribution in [3.05, 3.63) is 48.2 Å². The second kappa shape index (κ2) is 7.05. The lowest BCUT2D eigenvalue weighted by atomic mass is 10.2. The van der Waals surface area contributed by atoms with Crippen LogP contribution in [0.3, 0.4) is 0 Å². The van der Waals surface area contributed by atoms with E-state index in [1.807, 2.05) is 30.3 Å². The largest absolute Gasteiger partial charge is 0.457 e. The molecule has 0 aliphatic heterocycles. The highest BCUT2D eigenvalue weighted by Crippen LogP contribution is 2.12. The summed E-state index contributed by atoms with van der Waals surface area (Å²) in [5.41, 5.74) is 0.878. The standard InChI is InChI=1S/C18H19NO4/c1-18(2,3)23-17(21)12-22-16(20)11-10-14-9-8-13-6-4-5-7-15(13)19-14/h4-11H,12H2,1-3H3. The predicted octanol–water partition coefficient (Wildman–Crippen LogP) is 3.13. The molecule has 1 heterocycles. The highest BCUT2D eigenvalue weighted by molar-refractivity contribution is 5.89. The Labute approximate surface area is 134 Å². The molecule has 0 saturated heterocycles. The number of fused-ring (bicyclic) bond motifs is 1. The Balaban J connectivity index is 1.91. The van der Waals surface area contributed by atoms with Crippen molar-refractivity contribution in [2.24, 2.45) is 0 Å². The molecule has 120 valence electrons. The van der Waals surface area contributed by atoms with E-state index in [0.29, 0.717) is 5.69 Å². The van der Waals surface area contributed by atoms with Gasteiger partial charge in [-0.05, 0) is 39.0 Å². The van der Waals surface area contributed by atoms with Crippen molar-refractivity contribution in [2.75, 3.05) is 6.61 Å². The van der Waals surface area contributed by atoms with E-state index in [9.17, 15) is 9.59 Å². The first-order valence-electron chi connectivity index (χ1n) is 7.26. The fourth-order valence-electron chi connectivity index (χ4n) is 1.88. The summed E-state index contributed by atoms with van der Waals surface area (Å²) in [6.07, 6.45) is 2.78. The Morgan fingerprint density at radius 2 is 1.87 bits per heavy atom. The molecule has 5 nitrogen and oxygen atoms in total. The minimum Gasteiger partial charge on any atom is -0.457 e.